The van der Waals surface area contributed by atoms with E-state index in [9.17, 15) is 13.2 Å². The third kappa shape index (κ3) is 3.52. The van der Waals surface area contributed by atoms with Gasteiger partial charge in [0, 0.05) is 16.5 Å². The molecule has 0 aliphatic carbocycles. The molecule has 27 heavy (non-hydrogen) atoms. The van der Waals surface area contributed by atoms with Crippen LogP contribution in [-0.4, -0.2) is 21.0 Å². The second kappa shape index (κ2) is 7.17. The third-order valence-corrected chi connectivity index (χ3v) is 5.37. The van der Waals surface area contributed by atoms with Crippen molar-refractivity contribution in [1.82, 2.24) is 0 Å². The molecule has 0 aliphatic rings. The smallest absolute Gasteiger partial charge is 0.374 e. The summed E-state index contributed by atoms with van der Waals surface area (Å²) < 4.78 is 38.5. The Morgan fingerprint density at radius 3 is 2.70 bits per heavy atom. The summed E-state index contributed by atoms with van der Waals surface area (Å²) in [5.41, 5.74) is 1.67. The number of rotatable bonds is 5. The summed E-state index contributed by atoms with van der Waals surface area (Å²) >= 11 is 0. The van der Waals surface area contributed by atoms with Crippen LogP contribution >= 0.6 is 0 Å². The molecule has 3 rings (SSSR count). The molecule has 0 atom stereocenters. The number of carbonyl (C=O) groups is 1. The van der Waals surface area contributed by atoms with Crippen LogP contribution in [0.3, 0.4) is 0 Å². The average molecular weight is 383 g/mol. The van der Waals surface area contributed by atoms with Crippen molar-refractivity contribution in [2.75, 3.05) is 11.3 Å². The van der Waals surface area contributed by atoms with E-state index >= 15 is 0 Å². The van der Waals surface area contributed by atoms with Crippen LogP contribution in [0.25, 0.3) is 11.0 Å². The number of furan rings is 1. The van der Waals surface area contributed by atoms with E-state index in [1.54, 1.807) is 38.1 Å². The predicted molar refractivity (Wildman–Crippen MR) is 102 cm³/mol. The van der Waals surface area contributed by atoms with E-state index in [0.717, 1.165) is 0 Å². The van der Waals surface area contributed by atoms with Crippen LogP contribution in [0.4, 0.5) is 5.69 Å². The fourth-order valence-electron chi connectivity index (χ4n) is 2.66. The van der Waals surface area contributed by atoms with Crippen LogP contribution in [0.1, 0.15) is 28.6 Å². The van der Waals surface area contributed by atoms with Gasteiger partial charge in [0.2, 0.25) is 5.76 Å². The van der Waals surface area contributed by atoms with E-state index in [4.69, 9.17) is 15.6 Å². The number of esters is 1. The fourth-order valence-corrected chi connectivity index (χ4v) is 3.77. The maximum Gasteiger partial charge on any atom is 0.374 e. The lowest BCUT2D eigenvalue weighted by molar-refractivity contribution is 0.0491. The molecule has 1 N–H and O–H groups in total. The Morgan fingerprint density at radius 1 is 1.26 bits per heavy atom. The van der Waals surface area contributed by atoms with Crippen molar-refractivity contribution in [3.05, 3.63) is 59.4 Å². The Bertz CT molecular complexity index is 1170. The summed E-state index contributed by atoms with van der Waals surface area (Å²) in [5, 5.41) is 0.520. The van der Waals surface area contributed by atoms with Gasteiger partial charge in [0.1, 0.15) is 5.58 Å². The number of hydrogen-bond acceptors (Lipinski definition) is 5. The lowest BCUT2D eigenvalue weighted by atomic mass is 10.1. The first-order chi connectivity index (χ1) is 12.9. The largest absolute Gasteiger partial charge is 0.460 e. The standard InChI is InChI=1S/C20H17NO5S/c1-4-14-8-6-7-9-17(14)21-27(23,24)15-10-11-18-16(12-15)13(3)19(26-18)20(22)25-5-2/h1,6-12,21H,5H2,2-3H3. The van der Waals surface area contributed by atoms with Gasteiger partial charge in [0.15, 0.2) is 0 Å². The number of sulfonamides is 1. The highest BCUT2D eigenvalue weighted by atomic mass is 32.2. The van der Waals surface area contributed by atoms with E-state index in [2.05, 4.69) is 10.6 Å². The molecular formula is C20H17NO5S. The molecule has 0 bridgehead atoms. The quantitative estimate of drug-likeness (QED) is 0.536. The minimum atomic E-state index is -3.88. The van der Waals surface area contributed by atoms with E-state index < -0.39 is 16.0 Å². The molecule has 1 aromatic heterocycles. The summed E-state index contributed by atoms with van der Waals surface area (Å²) in [5.74, 6) is 1.92. The van der Waals surface area contributed by atoms with Gasteiger partial charge in [-0.15, -0.1) is 6.42 Å². The monoisotopic (exact) mass is 383 g/mol. The summed E-state index contributed by atoms with van der Waals surface area (Å²) in [6.45, 7) is 3.59. The first-order valence-corrected chi connectivity index (χ1v) is 9.64. The number of ether oxygens (including phenoxy) is 1. The molecule has 138 valence electrons. The van der Waals surface area contributed by atoms with Gasteiger partial charge in [-0.3, -0.25) is 4.72 Å². The molecule has 3 aromatic rings. The lowest BCUT2D eigenvalue weighted by Gasteiger charge is -2.10. The van der Waals surface area contributed by atoms with Crippen molar-refractivity contribution in [2.45, 2.75) is 18.7 Å². The van der Waals surface area contributed by atoms with Crippen LogP contribution in [-0.2, 0) is 14.8 Å². The second-order valence-corrected chi connectivity index (χ2v) is 7.41. The van der Waals surface area contributed by atoms with E-state index in [0.29, 0.717) is 27.8 Å². The Hall–Kier alpha value is -3.24. The topological polar surface area (TPSA) is 85.6 Å². The maximum atomic E-state index is 12.8. The van der Waals surface area contributed by atoms with E-state index in [1.807, 2.05) is 0 Å². The lowest BCUT2D eigenvalue weighted by Crippen LogP contribution is -2.13. The number of carbonyl (C=O) groups excluding carboxylic acids is 1. The predicted octanol–water partition coefficient (Wildman–Crippen LogP) is 3.70. The Labute approximate surface area is 157 Å². The molecule has 6 nitrogen and oxygen atoms in total. The first kappa shape index (κ1) is 18.5. The zero-order valence-electron chi connectivity index (χ0n) is 14.8. The molecule has 1 heterocycles. The SMILES string of the molecule is C#Cc1ccccc1NS(=O)(=O)c1ccc2oc(C(=O)OCC)c(C)c2c1. The summed E-state index contributed by atoms with van der Waals surface area (Å²) in [6.07, 6.45) is 5.42. The van der Waals surface area contributed by atoms with Crippen molar-refractivity contribution in [2.24, 2.45) is 0 Å². The molecule has 0 saturated heterocycles. The van der Waals surface area contributed by atoms with Crippen LogP contribution in [0, 0.1) is 19.3 Å². The van der Waals surface area contributed by atoms with Crippen molar-refractivity contribution in [3.63, 3.8) is 0 Å². The van der Waals surface area contributed by atoms with Crippen LogP contribution < -0.4 is 4.72 Å². The molecule has 7 heteroatoms. The van der Waals surface area contributed by atoms with Gasteiger partial charge >= 0.3 is 5.97 Å². The van der Waals surface area contributed by atoms with Gasteiger partial charge in [0.05, 0.1) is 17.2 Å². The molecule has 0 spiro atoms. The molecular weight excluding hydrogens is 366 g/mol. The number of hydrogen-bond donors (Lipinski definition) is 1. The average Bonchev–Trinajstić information content (AvgIpc) is 2.98. The second-order valence-electron chi connectivity index (χ2n) is 5.73. The number of fused-ring (bicyclic) bond motifs is 1. The zero-order valence-corrected chi connectivity index (χ0v) is 15.6. The highest BCUT2D eigenvalue weighted by Crippen LogP contribution is 2.29. The molecule has 0 fully saturated rings. The summed E-state index contributed by atoms with van der Waals surface area (Å²) in [7, 11) is -3.88. The van der Waals surface area contributed by atoms with Crippen molar-refractivity contribution >= 4 is 32.6 Å². The van der Waals surface area contributed by atoms with Crippen LogP contribution in [0.15, 0.2) is 51.8 Å². The van der Waals surface area contributed by atoms with Gasteiger partial charge < -0.3 is 9.15 Å². The Morgan fingerprint density at radius 2 is 2.00 bits per heavy atom. The number of terminal acetylenes is 1. The molecule has 0 amide bonds. The molecule has 0 saturated carbocycles. The summed E-state index contributed by atoms with van der Waals surface area (Å²) in [6, 6.07) is 11.0. The highest BCUT2D eigenvalue weighted by Gasteiger charge is 2.22. The zero-order chi connectivity index (χ0) is 19.6. The third-order valence-electron chi connectivity index (χ3n) is 4.01. The molecule has 0 aliphatic heterocycles. The number of nitrogens with one attached hydrogen (secondary N) is 1. The maximum absolute atomic E-state index is 12.8. The summed E-state index contributed by atoms with van der Waals surface area (Å²) in [4.78, 5) is 12.0. The minimum Gasteiger partial charge on any atom is -0.460 e. The van der Waals surface area contributed by atoms with Crippen molar-refractivity contribution in [1.29, 1.82) is 0 Å². The van der Waals surface area contributed by atoms with Gasteiger partial charge in [-0.2, -0.15) is 0 Å². The van der Waals surface area contributed by atoms with E-state index in [-0.39, 0.29) is 17.3 Å². The number of para-hydroxylation sites is 1. The van der Waals surface area contributed by atoms with E-state index in [1.165, 1.54) is 18.2 Å². The highest BCUT2D eigenvalue weighted by molar-refractivity contribution is 7.92. The van der Waals surface area contributed by atoms with Crippen LogP contribution in [0.2, 0.25) is 0 Å². The normalized spacial score (nSPS) is 11.1. The van der Waals surface area contributed by atoms with Gasteiger partial charge in [0.25, 0.3) is 10.0 Å². The number of aryl methyl sites for hydroxylation is 1. The first-order valence-electron chi connectivity index (χ1n) is 8.16. The Kier molecular flexibility index (Phi) is 4.93. The van der Waals surface area contributed by atoms with Crippen molar-refractivity contribution in [3.8, 4) is 12.3 Å². The van der Waals surface area contributed by atoms with Gasteiger partial charge in [-0.25, -0.2) is 13.2 Å². The minimum absolute atomic E-state index is 0.0288. The number of anilines is 1. The van der Waals surface area contributed by atoms with Crippen molar-refractivity contribution < 1.29 is 22.4 Å². The molecule has 0 unspecified atom stereocenters. The Balaban J connectivity index is 2.02. The molecule has 2 aromatic carbocycles. The van der Waals surface area contributed by atoms with Gasteiger partial charge in [-0.05, 0) is 44.2 Å². The number of benzene rings is 2. The fraction of sp³-hybridized carbons (Fsp3) is 0.150. The van der Waals surface area contributed by atoms with Crippen LogP contribution in [0.5, 0.6) is 0 Å². The van der Waals surface area contributed by atoms with Gasteiger partial charge in [-0.1, -0.05) is 18.1 Å². The molecule has 0 radical (unpaired) electrons.